The summed E-state index contributed by atoms with van der Waals surface area (Å²) in [7, 11) is 0. The number of nitrogens with zero attached hydrogens (tertiary/aromatic N) is 3. The summed E-state index contributed by atoms with van der Waals surface area (Å²) in [5.74, 6) is 0. The highest BCUT2D eigenvalue weighted by Gasteiger charge is 2.18. The van der Waals surface area contributed by atoms with Gasteiger partial charge in [-0.3, -0.25) is 0 Å². The molecule has 2 heterocycles. The van der Waals surface area contributed by atoms with E-state index in [1.54, 1.807) is 13.0 Å². The molecule has 1 saturated heterocycles. The molecule has 5 nitrogen and oxygen atoms in total. The molecule has 1 aliphatic heterocycles. The van der Waals surface area contributed by atoms with Crippen molar-refractivity contribution in [2.75, 3.05) is 13.2 Å². The first kappa shape index (κ1) is 9.87. The Morgan fingerprint density at radius 1 is 1.60 bits per heavy atom. The van der Waals surface area contributed by atoms with E-state index in [2.05, 4.69) is 9.97 Å². The van der Waals surface area contributed by atoms with Crippen LogP contribution in [0.3, 0.4) is 0 Å². The monoisotopic (exact) mass is 205 g/mol. The van der Waals surface area contributed by atoms with Gasteiger partial charge in [-0.25, -0.2) is 4.98 Å². The first-order valence-corrected chi connectivity index (χ1v) is 4.78. The van der Waals surface area contributed by atoms with Crippen LogP contribution in [-0.4, -0.2) is 29.3 Å². The molecule has 0 spiro atoms. The molecule has 15 heavy (non-hydrogen) atoms. The Kier molecular flexibility index (Phi) is 2.79. The molecule has 1 atom stereocenters. The number of aromatic nitrogens is 2. The van der Waals surface area contributed by atoms with Gasteiger partial charge in [-0.2, -0.15) is 10.2 Å². The molecule has 78 valence electrons. The molecule has 5 heteroatoms. The second kappa shape index (κ2) is 4.24. The highest BCUT2D eigenvalue weighted by molar-refractivity contribution is 5.23. The van der Waals surface area contributed by atoms with E-state index in [-0.39, 0.29) is 12.1 Å². The molecule has 1 aromatic heterocycles. The van der Waals surface area contributed by atoms with Gasteiger partial charge in [-0.15, -0.1) is 0 Å². The number of rotatable bonds is 2. The number of hydrogen-bond acceptors (Lipinski definition) is 5. The quantitative estimate of drug-likeness (QED) is 0.715. The van der Waals surface area contributed by atoms with Crippen molar-refractivity contribution in [2.45, 2.75) is 19.4 Å². The minimum absolute atomic E-state index is 0.0124. The topological polar surface area (TPSA) is 68.0 Å². The van der Waals surface area contributed by atoms with Crippen molar-refractivity contribution in [1.29, 1.82) is 5.26 Å². The van der Waals surface area contributed by atoms with E-state index >= 15 is 0 Å². The van der Waals surface area contributed by atoms with E-state index in [1.807, 2.05) is 6.07 Å². The van der Waals surface area contributed by atoms with E-state index < -0.39 is 0 Å². The molecular formula is C10H11N3O2. The van der Waals surface area contributed by atoms with Crippen molar-refractivity contribution in [1.82, 2.24) is 9.97 Å². The van der Waals surface area contributed by atoms with Crippen molar-refractivity contribution in [3.05, 3.63) is 17.5 Å². The maximum atomic E-state index is 8.73. The molecule has 0 bridgehead atoms. The summed E-state index contributed by atoms with van der Waals surface area (Å²) >= 11 is 0. The third-order valence-corrected chi connectivity index (χ3v) is 2.11. The summed E-state index contributed by atoms with van der Waals surface area (Å²) in [6, 6.07) is 3.86. The molecule has 0 radical (unpaired) electrons. The molecule has 1 fully saturated rings. The van der Waals surface area contributed by atoms with Crippen molar-refractivity contribution >= 4 is 0 Å². The van der Waals surface area contributed by atoms with Crippen molar-refractivity contribution in [2.24, 2.45) is 0 Å². The summed E-state index contributed by atoms with van der Waals surface area (Å²) in [6.45, 7) is 3.08. The van der Waals surface area contributed by atoms with E-state index in [1.165, 1.54) is 0 Å². The maximum Gasteiger partial charge on any atom is 0.318 e. The van der Waals surface area contributed by atoms with E-state index in [4.69, 9.17) is 14.7 Å². The lowest BCUT2D eigenvalue weighted by molar-refractivity contribution is 0.134. The highest BCUT2D eigenvalue weighted by atomic mass is 16.6. The Labute approximate surface area is 87.7 Å². The van der Waals surface area contributed by atoms with Gasteiger partial charge in [0.25, 0.3) is 0 Å². The zero-order chi connectivity index (χ0) is 10.7. The first-order valence-electron chi connectivity index (χ1n) is 4.78. The van der Waals surface area contributed by atoms with E-state index in [9.17, 15) is 0 Å². The smallest absolute Gasteiger partial charge is 0.318 e. The lowest BCUT2D eigenvalue weighted by atomic mass is 10.3. The zero-order valence-corrected chi connectivity index (χ0v) is 8.43. The van der Waals surface area contributed by atoms with Crippen LogP contribution in [-0.2, 0) is 4.74 Å². The molecule has 1 aliphatic rings. The Bertz CT molecular complexity index is 394. The van der Waals surface area contributed by atoms with Crippen LogP contribution in [0.4, 0.5) is 0 Å². The fraction of sp³-hybridized carbons (Fsp3) is 0.500. The minimum atomic E-state index is 0.0124. The van der Waals surface area contributed by atoms with Gasteiger partial charge in [0.05, 0.1) is 13.2 Å². The van der Waals surface area contributed by atoms with Gasteiger partial charge < -0.3 is 9.47 Å². The van der Waals surface area contributed by atoms with Crippen molar-refractivity contribution in [3.8, 4) is 12.1 Å². The van der Waals surface area contributed by atoms with Gasteiger partial charge >= 0.3 is 6.01 Å². The second-order valence-electron chi connectivity index (χ2n) is 3.39. The van der Waals surface area contributed by atoms with Gasteiger partial charge in [0.15, 0.2) is 0 Å². The van der Waals surface area contributed by atoms with Gasteiger partial charge in [-0.1, -0.05) is 0 Å². The van der Waals surface area contributed by atoms with Crippen LogP contribution in [0, 0.1) is 18.3 Å². The lowest BCUT2D eigenvalue weighted by Crippen LogP contribution is -2.17. The van der Waals surface area contributed by atoms with Crippen LogP contribution in [0.25, 0.3) is 0 Å². The van der Waals surface area contributed by atoms with Crippen LogP contribution in [0.2, 0.25) is 0 Å². The Hall–Kier alpha value is -1.67. The zero-order valence-electron chi connectivity index (χ0n) is 8.43. The first-order chi connectivity index (χ1) is 7.28. The number of hydrogen-bond donors (Lipinski definition) is 0. The fourth-order valence-electron chi connectivity index (χ4n) is 1.41. The average molecular weight is 205 g/mol. The van der Waals surface area contributed by atoms with Crippen LogP contribution in [0.15, 0.2) is 6.07 Å². The van der Waals surface area contributed by atoms with E-state index in [0.717, 1.165) is 12.1 Å². The number of ether oxygens (including phenoxy) is 2. The van der Waals surface area contributed by atoms with E-state index in [0.29, 0.717) is 18.9 Å². The van der Waals surface area contributed by atoms with Crippen molar-refractivity contribution in [3.63, 3.8) is 0 Å². The Morgan fingerprint density at radius 2 is 2.47 bits per heavy atom. The highest BCUT2D eigenvalue weighted by Crippen LogP contribution is 2.13. The summed E-state index contributed by atoms with van der Waals surface area (Å²) in [5, 5.41) is 8.73. The number of nitriles is 1. The molecule has 0 amide bonds. The largest absolute Gasteiger partial charge is 0.458 e. The molecule has 0 aromatic carbocycles. The van der Waals surface area contributed by atoms with Crippen LogP contribution in [0.5, 0.6) is 6.01 Å². The second-order valence-corrected chi connectivity index (χ2v) is 3.39. The molecule has 2 rings (SSSR count). The molecule has 1 aromatic rings. The van der Waals surface area contributed by atoms with Crippen molar-refractivity contribution < 1.29 is 9.47 Å². The van der Waals surface area contributed by atoms with Gasteiger partial charge in [0.2, 0.25) is 0 Å². The summed E-state index contributed by atoms with van der Waals surface area (Å²) < 4.78 is 10.7. The summed E-state index contributed by atoms with van der Waals surface area (Å²) in [6.07, 6.45) is 0.859. The van der Waals surface area contributed by atoms with Gasteiger partial charge in [0, 0.05) is 12.1 Å². The normalized spacial score (nSPS) is 19.9. The molecule has 0 N–H and O–H groups in total. The standard InChI is InChI=1S/C10H11N3O2/c1-7-4-8(5-11)13-10(12-7)15-9-2-3-14-6-9/h4,9H,2-3,6H2,1H3. The van der Waals surface area contributed by atoms with Crippen LogP contribution in [0.1, 0.15) is 17.8 Å². The lowest BCUT2D eigenvalue weighted by Gasteiger charge is -2.09. The third-order valence-electron chi connectivity index (χ3n) is 2.11. The average Bonchev–Trinajstić information content (AvgIpc) is 2.69. The van der Waals surface area contributed by atoms with Gasteiger partial charge in [-0.05, 0) is 13.0 Å². The predicted octanol–water partition coefficient (Wildman–Crippen LogP) is 0.824. The maximum absolute atomic E-state index is 8.73. The molecule has 0 aliphatic carbocycles. The van der Waals surface area contributed by atoms with Gasteiger partial charge in [0.1, 0.15) is 17.9 Å². The number of aryl methyl sites for hydroxylation is 1. The summed E-state index contributed by atoms with van der Waals surface area (Å²) in [5.41, 5.74) is 1.06. The molecule has 1 unspecified atom stereocenters. The Morgan fingerprint density at radius 3 is 3.13 bits per heavy atom. The predicted molar refractivity (Wildman–Crippen MR) is 51.3 cm³/mol. The summed E-state index contributed by atoms with van der Waals surface area (Å²) in [4.78, 5) is 8.07. The SMILES string of the molecule is Cc1cc(C#N)nc(OC2CCOC2)n1. The molecular weight excluding hydrogens is 194 g/mol. The van der Waals surface area contributed by atoms with Crippen LogP contribution >= 0.6 is 0 Å². The minimum Gasteiger partial charge on any atom is -0.458 e. The van der Waals surface area contributed by atoms with Crippen LogP contribution < -0.4 is 4.74 Å². The Balaban J connectivity index is 2.13. The fourth-order valence-corrected chi connectivity index (χ4v) is 1.41. The molecule has 0 saturated carbocycles. The third kappa shape index (κ3) is 2.42.